The van der Waals surface area contributed by atoms with E-state index < -0.39 is 0 Å². The molecule has 0 aliphatic carbocycles. The second-order valence-electron chi connectivity index (χ2n) is 3.94. The number of pyridine rings is 1. The minimum absolute atomic E-state index is 0.833. The molecule has 0 aromatic carbocycles. The molecule has 0 radical (unpaired) electrons. The van der Waals surface area contributed by atoms with E-state index in [4.69, 9.17) is 0 Å². The van der Waals surface area contributed by atoms with Gasteiger partial charge in [-0.3, -0.25) is 4.98 Å². The van der Waals surface area contributed by atoms with Gasteiger partial charge in [-0.1, -0.05) is 48.5 Å². The molecule has 2 heteroatoms. The molecule has 0 spiro atoms. The molecule has 0 saturated carbocycles. The third kappa shape index (κ3) is 9.86. The van der Waals surface area contributed by atoms with Gasteiger partial charge in [0.15, 0.2) is 0 Å². The van der Waals surface area contributed by atoms with Crippen molar-refractivity contribution in [2.24, 2.45) is 5.92 Å². The fourth-order valence-corrected chi connectivity index (χ4v) is 1.13. The summed E-state index contributed by atoms with van der Waals surface area (Å²) in [6.45, 7) is 15.6. The largest absolute Gasteiger partial charge is 0.384 e. The van der Waals surface area contributed by atoms with Crippen LogP contribution in [0.15, 0.2) is 18.5 Å². The van der Waals surface area contributed by atoms with Crippen LogP contribution in [0, 0.1) is 5.92 Å². The normalized spacial score (nSPS) is 10.6. The van der Waals surface area contributed by atoms with Crippen molar-refractivity contribution in [1.29, 1.82) is 0 Å². The maximum absolute atomic E-state index is 4.02. The van der Waals surface area contributed by atoms with Gasteiger partial charge in [-0.15, -0.1) is 0 Å². The van der Waals surface area contributed by atoms with Crippen molar-refractivity contribution in [3.63, 3.8) is 0 Å². The number of nitrogens with one attached hydrogen (secondary N) is 1. The smallest absolute Gasteiger partial charge is 0.0404 e. The zero-order valence-electron chi connectivity index (χ0n) is 12.7. The van der Waals surface area contributed by atoms with Crippen LogP contribution in [-0.2, 0) is 6.42 Å². The Kier molecular flexibility index (Phi) is 14.0. The Hall–Kier alpha value is -1.05. The fourth-order valence-electron chi connectivity index (χ4n) is 1.13. The topological polar surface area (TPSA) is 24.9 Å². The van der Waals surface area contributed by atoms with Crippen LogP contribution >= 0.6 is 0 Å². The Morgan fingerprint density at radius 2 is 1.65 bits per heavy atom. The van der Waals surface area contributed by atoms with Gasteiger partial charge in [0.1, 0.15) is 0 Å². The second kappa shape index (κ2) is 13.0. The molecular weight excluding hydrogens is 208 g/mol. The Bertz CT molecular complexity index is 231. The lowest BCUT2D eigenvalue weighted by atomic mass is 10.2. The Labute approximate surface area is 108 Å². The van der Waals surface area contributed by atoms with Crippen molar-refractivity contribution < 1.29 is 0 Å². The summed E-state index contributed by atoms with van der Waals surface area (Å²) in [6, 6.07) is 2.02. The van der Waals surface area contributed by atoms with E-state index in [-0.39, 0.29) is 0 Å². The summed E-state index contributed by atoms with van der Waals surface area (Å²) in [5.74, 6) is 0.833. The molecule has 17 heavy (non-hydrogen) atoms. The number of aromatic nitrogens is 1. The second-order valence-corrected chi connectivity index (χ2v) is 3.94. The van der Waals surface area contributed by atoms with E-state index in [1.165, 1.54) is 11.3 Å². The molecule has 1 aromatic heterocycles. The van der Waals surface area contributed by atoms with Crippen LogP contribution in [-0.4, -0.2) is 11.5 Å². The SMILES string of the molecule is CC.CC.CC(C)C.c1cc2c(cn1)CCN2. The highest BCUT2D eigenvalue weighted by Gasteiger charge is 2.06. The van der Waals surface area contributed by atoms with Gasteiger partial charge in [0, 0.05) is 24.6 Å². The van der Waals surface area contributed by atoms with Gasteiger partial charge in [0.05, 0.1) is 0 Å². The lowest BCUT2D eigenvalue weighted by molar-refractivity contribution is 0.737. The minimum atomic E-state index is 0.833. The zero-order valence-corrected chi connectivity index (χ0v) is 12.7. The summed E-state index contributed by atoms with van der Waals surface area (Å²) < 4.78 is 0. The van der Waals surface area contributed by atoms with Crippen molar-refractivity contribution >= 4 is 5.69 Å². The van der Waals surface area contributed by atoms with E-state index in [9.17, 15) is 0 Å². The first-order chi connectivity index (χ1) is 8.20. The first-order valence-electron chi connectivity index (χ1n) is 6.87. The molecule has 1 aliphatic heterocycles. The average molecular weight is 238 g/mol. The lowest BCUT2D eigenvalue weighted by Crippen LogP contribution is -1.90. The van der Waals surface area contributed by atoms with Gasteiger partial charge < -0.3 is 5.32 Å². The van der Waals surface area contributed by atoms with Crippen molar-refractivity contribution in [3.8, 4) is 0 Å². The third-order valence-corrected chi connectivity index (χ3v) is 1.61. The fraction of sp³-hybridized carbons (Fsp3) is 0.667. The highest BCUT2D eigenvalue weighted by molar-refractivity contribution is 5.53. The molecular formula is C15H30N2. The predicted octanol–water partition coefficient (Wildman–Crippen LogP) is 4.76. The summed E-state index contributed by atoms with van der Waals surface area (Å²) in [7, 11) is 0. The summed E-state index contributed by atoms with van der Waals surface area (Å²) in [4.78, 5) is 4.02. The maximum Gasteiger partial charge on any atom is 0.0404 e. The maximum atomic E-state index is 4.02. The van der Waals surface area contributed by atoms with Gasteiger partial charge in [-0.2, -0.15) is 0 Å². The molecule has 0 saturated heterocycles. The molecule has 2 heterocycles. The summed E-state index contributed by atoms with van der Waals surface area (Å²) in [5.41, 5.74) is 2.60. The Morgan fingerprint density at radius 3 is 2.12 bits per heavy atom. The number of anilines is 1. The van der Waals surface area contributed by atoms with E-state index in [0.29, 0.717) is 0 Å². The summed E-state index contributed by atoms with van der Waals surface area (Å²) in [6.07, 6.45) is 4.87. The zero-order chi connectivity index (χ0) is 13.7. The molecule has 0 fully saturated rings. The first-order valence-corrected chi connectivity index (χ1v) is 6.87. The highest BCUT2D eigenvalue weighted by Crippen LogP contribution is 2.18. The number of hydrogen-bond acceptors (Lipinski definition) is 2. The monoisotopic (exact) mass is 238 g/mol. The lowest BCUT2D eigenvalue weighted by Gasteiger charge is -1.93. The molecule has 100 valence electrons. The molecule has 0 atom stereocenters. The van der Waals surface area contributed by atoms with E-state index in [0.717, 1.165) is 18.9 Å². The molecule has 2 nitrogen and oxygen atoms in total. The first kappa shape index (κ1) is 18.3. The molecule has 1 aromatic rings. The quantitative estimate of drug-likeness (QED) is 0.704. The van der Waals surface area contributed by atoms with Gasteiger partial charge in [-0.25, -0.2) is 0 Å². The van der Waals surface area contributed by atoms with Gasteiger partial charge in [0.25, 0.3) is 0 Å². The molecule has 1 N–H and O–H groups in total. The van der Waals surface area contributed by atoms with Crippen molar-refractivity contribution in [2.75, 3.05) is 11.9 Å². The van der Waals surface area contributed by atoms with Crippen LogP contribution in [0.4, 0.5) is 5.69 Å². The van der Waals surface area contributed by atoms with Gasteiger partial charge in [0.2, 0.25) is 0 Å². The number of fused-ring (bicyclic) bond motifs is 1. The van der Waals surface area contributed by atoms with Crippen LogP contribution in [0.5, 0.6) is 0 Å². The molecule has 1 aliphatic rings. The summed E-state index contributed by atoms with van der Waals surface area (Å²) in [5, 5.41) is 3.26. The van der Waals surface area contributed by atoms with E-state index in [2.05, 4.69) is 31.1 Å². The van der Waals surface area contributed by atoms with Crippen LogP contribution in [0.2, 0.25) is 0 Å². The minimum Gasteiger partial charge on any atom is -0.384 e. The van der Waals surface area contributed by atoms with E-state index >= 15 is 0 Å². The molecule has 0 unspecified atom stereocenters. The van der Waals surface area contributed by atoms with E-state index in [1.807, 2.05) is 46.2 Å². The summed E-state index contributed by atoms with van der Waals surface area (Å²) >= 11 is 0. The standard InChI is InChI=1S/C7H8N2.C4H10.2C2H6/c1-4-9-7-2-3-8-5-6(1)7;1-4(2)3;2*1-2/h2-3,5,9H,1,4H2;4H,1-3H3;2*1-2H3. The predicted molar refractivity (Wildman–Crippen MR) is 79.6 cm³/mol. The van der Waals surface area contributed by atoms with Crippen LogP contribution in [0.25, 0.3) is 0 Å². The van der Waals surface area contributed by atoms with Crippen molar-refractivity contribution in [3.05, 3.63) is 24.0 Å². The Balaban J connectivity index is 0. The van der Waals surface area contributed by atoms with Crippen LogP contribution in [0.3, 0.4) is 0 Å². The Morgan fingerprint density at radius 1 is 1.12 bits per heavy atom. The van der Waals surface area contributed by atoms with Crippen LogP contribution in [0.1, 0.15) is 54.0 Å². The van der Waals surface area contributed by atoms with E-state index in [1.54, 1.807) is 0 Å². The van der Waals surface area contributed by atoms with Crippen molar-refractivity contribution in [1.82, 2.24) is 4.98 Å². The van der Waals surface area contributed by atoms with Crippen molar-refractivity contribution in [2.45, 2.75) is 54.9 Å². The highest BCUT2D eigenvalue weighted by atomic mass is 14.9. The van der Waals surface area contributed by atoms with Crippen LogP contribution < -0.4 is 5.32 Å². The number of rotatable bonds is 0. The molecule has 0 amide bonds. The number of nitrogens with zero attached hydrogens (tertiary/aromatic N) is 1. The third-order valence-electron chi connectivity index (χ3n) is 1.61. The molecule has 2 rings (SSSR count). The molecule has 0 bridgehead atoms. The number of hydrogen-bond donors (Lipinski definition) is 1. The average Bonchev–Trinajstić information content (AvgIpc) is 2.81. The van der Waals surface area contributed by atoms with Gasteiger partial charge in [-0.05, 0) is 24.0 Å². The van der Waals surface area contributed by atoms with Gasteiger partial charge >= 0.3 is 0 Å².